The summed E-state index contributed by atoms with van der Waals surface area (Å²) in [6, 6.07) is 5.26. The fraction of sp³-hybridized carbons (Fsp3) is 0.214. The summed E-state index contributed by atoms with van der Waals surface area (Å²) in [6.07, 6.45) is 0. The van der Waals surface area contributed by atoms with E-state index in [1.807, 2.05) is 4.72 Å². The highest BCUT2D eigenvalue weighted by atomic mass is 35.5. The van der Waals surface area contributed by atoms with Crippen molar-refractivity contribution >= 4 is 27.5 Å². The highest BCUT2D eigenvalue weighted by Gasteiger charge is 2.21. The number of hydrogen-bond donors (Lipinski definition) is 1. The third-order valence-corrected chi connectivity index (χ3v) is 4.35. The lowest BCUT2D eigenvalue weighted by Gasteiger charge is -2.07. The molecule has 0 bridgehead atoms. The van der Waals surface area contributed by atoms with E-state index < -0.39 is 27.5 Å². The van der Waals surface area contributed by atoms with Crippen LogP contribution in [0.3, 0.4) is 0 Å². The average Bonchev–Trinajstić information content (AvgIpc) is 2.72. The molecule has 22 heavy (non-hydrogen) atoms. The lowest BCUT2D eigenvalue weighted by atomic mass is 10.2. The largest absolute Gasteiger partial charge is 0.456 e. The fourth-order valence-corrected chi connectivity index (χ4v) is 3.12. The van der Waals surface area contributed by atoms with Crippen LogP contribution in [0.4, 0.5) is 4.39 Å². The number of carbonyl (C=O) groups excluding carboxylic acids is 1. The van der Waals surface area contributed by atoms with Gasteiger partial charge in [-0.15, -0.1) is 0 Å². The Bertz CT molecular complexity index is 829. The highest BCUT2D eigenvalue weighted by molar-refractivity contribution is 7.89. The Morgan fingerprint density at radius 3 is 2.55 bits per heavy atom. The molecule has 1 amide bonds. The van der Waals surface area contributed by atoms with Gasteiger partial charge in [0.25, 0.3) is 0 Å². The number of carbonyl (C=O) groups is 1. The van der Waals surface area contributed by atoms with Gasteiger partial charge in [0, 0.05) is 5.56 Å². The second-order valence-electron chi connectivity index (χ2n) is 4.81. The van der Waals surface area contributed by atoms with Crippen molar-refractivity contribution in [2.45, 2.75) is 19.6 Å². The van der Waals surface area contributed by atoms with Crippen molar-refractivity contribution in [2.75, 3.05) is 0 Å². The predicted molar refractivity (Wildman–Crippen MR) is 79.7 cm³/mol. The van der Waals surface area contributed by atoms with Crippen LogP contribution in [0, 0.1) is 19.7 Å². The van der Waals surface area contributed by atoms with Gasteiger partial charge in [0.15, 0.2) is 5.76 Å². The van der Waals surface area contributed by atoms with Gasteiger partial charge in [-0.2, -0.15) is 0 Å². The molecule has 2 rings (SSSR count). The van der Waals surface area contributed by atoms with Crippen LogP contribution < -0.4 is 4.72 Å². The Labute approximate surface area is 132 Å². The van der Waals surface area contributed by atoms with E-state index in [0.717, 1.165) is 6.07 Å². The van der Waals surface area contributed by atoms with Gasteiger partial charge in [0.05, 0.1) is 10.8 Å². The minimum Gasteiger partial charge on any atom is -0.456 e. The molecule has 0 saturated heterocycles. The quantitative estimate of drug-likeness (QED) is 0.924. The standard InChI is InChI=1S/C14H13ClFNO4S/c1-8-5-9(2)21-13(8)14(18)17-22(19,20)7-10-3-4-11(15)12(16)6-10/h3-6H,7H2,1-2H3,(H,17,18). The van der Waals surface area contributed by atoms with E-state index in [1.54, 1.807) is 19.9 Å². The van der Waals surface area contributed by atoms with E-state index in [0.29, 0.717) is 11.3 Å². The Morgan fingerprint density at radius 1 is 1.32 bits per heavy atom. The number of benzene rings is 1. The molecule has 0 aliphatic rings. The number of aryl methyl sites for hydroxylation is 2. The topological polar surface area (TPSA) is 76.4 Å². The molecule has 5 nitrogen and oxygen atoms in total. The smallest absolute Gasteiger partial charge is 0.300 e. The van der Waals surface area contributed by atoms with Gasteiger partial charge < -0.3 is 4.42 Å². The van der Waals surface area contributed by atoms with Crippen molar-refractivity contribution < 1.29 is 22.0 Å². The van der Waals surface area contributed by atoms with Crippen LogP contribution in [0.1, 0.15) is 27.4 Å². The molecule has 1 aromatic carbocycles. The van der Waals surface area contributed by atoms with Crippen LogP contribution in [0.5, 0.6) is 0 Å². The van der Waals surface area contributed by atoms with Crippen molar-refractivity contribution in [3.05, 3.63) is 57.8 Å². The lowest BCUT2D eigenvalue weighted by molar-refractivity contribution is 0.0952. The Kier molecular flexibility index (Phi) is 4.58. The summed E-state index contributed by atoms with van der Waals surface area (Å²) in [6.45, 7) is 3.28. The lowest BCUT2D eigenvalue weighted by Crippen LogP contribution is -2.31. The number of halogens is 2. The van der Waals surface area contributed by atoms with Gasteiger partial charge in [-0.05, 0) is 37.6 Å². The SMILES string of the molecule is Cc1cc(C)c(C(=O)NS(=O)(=O)Cc2ccc(Cl)c(F)c2)o1. The number of amides is 1. The number of nitrogens with one attached hydrogen (secondary N) is 1. The molecule has 1 heterocycles. The highest BCUT2D eigenvalue weighted by Crippen LogP contribution is 2.18. The van der Waals surface area contributed by atoms with Crippen molar-refractivity contribution in [1.29, 1.82) is 0 Å². The van der Waals surface area contributed by atoms with Crippen LogP contribution in [0.25, 0.3) is 0 Å². The van der Waals surface area contributed by atoms with Gasteiger partial charge >= 0.3 is 5.91 Å². The van der Waals surface area contributed by atoms with Crippen molar-refractivity contribution in [2.24, 2.45) is 0 Å². The molecule has 0 atom stereocenters. The third-order valence-electron chi connectivity index (χ3n) is 2.84. The summed E-state index contributed by atoms with van der Waals surface area (Å²) in [5, 5.41) is -0.105. The second kappa shape index (κ2) is 6.10. The Hall–Kier alpha value is -1.86. The van der Waals surface area contributed by atoms with Crippen LogP contribution in [0.15, 0.2) is 28.7 Å². The molecule has 0 aliphatic heterocycles. The fourth-order valence-electron chi connectivity index (χ4n) is 1.94. The molecule has 2 aromatic rings. The van der Waals surface area contributed by atoms with Gasteiger partial charge in [0.1, 0.15) is 11.6 Å². The number of furan rings is 1. The number of sulfonamides is 1. The molecule has 0 spiro atoms. The first-order valence-electron chi connectivity index (χ1n) is 6.24. The van der Waals surface area contributed by atoms with Crippen molar-refractivity contribution in [1.82, 2.24) is 4.72 Å². The van der Waals surface area contributed by atoms with Gasteiger partial charge in [-0.3, -0.25) is 4.79 Å². The summed E-state index contributed by atoms with van der Waals surface area (Å²) in [5.41, 5.74) is 0.706. The maximum Gasteiger partial charge on any atom is 0.300 e. The predicted octanol–water partition coefficient (Wildman–Crippen LogP) is 2.95. The van der Waals surface area contributed by atoms with Crippen molar-refractivity contribution in [3.63, 3.8) is 0 Å². The first kappa shape index (κ1) is 16.5. The van der Waals surface area contributed by atoms with Crippen molar-refractivity contribution in [3.8, 4) is 0 Å². The summed E-state index contributed by atoms with van der Waals surface area (Å²) in [5.74, 6) is -1.70. The van der Waals surface area contributed by atoms with E-state index >= 15 is 0 Å². The zero-order valence-corrected chi connectivity index (χ0v) is 13.4. The van der Waals surface area contributed by atoms with E-state index in [1.165, 1.54) is 12.1 Å². The monoisotopic (exact) mass is 345 g/mol. The summed E-state index contributed by atoms with van der Waals surface area (Å²) >= 11 is 5.53. The number of rotatable bonds is 4. The molecule has 118 valence electrons. The summed E-state index contributed by atoms with van der Waals surface area (Å²) in [4.78, 5) is 11.9. The second-order valence-corrected chi connectivity index (χ2v) is 6.94. The van der Waals surface area contributed by atoms with Gasteiger partial charge in [-0.1, -0.05) is 17.7 Å². The molecule has 0 unspecified atom stereocenters. The van der Waals surface area contributed by atoms with Gasteiger partial charge in [-0.25, -0.2) is 17.5 Å². The van der Waals surface area contributed by atoms with E-state index in [-0.39, 0.29) is 16.3 Å². The normalized spacial score (nSPS) is 11.5. The molecule has 0 fully saturated rings. The maximum atomic E-state index is 13.3. The minimum absolute atomic E-state index is 0.0663. The molecular weight excluding hydrogens is 333 g/mol. The summed E-state index contributed by atoms with van der Waals surface area (Å²) in [7, 11) is -3.99. The molecule has 1 N–H and O–H groups in total. The van der Waals surface area contributed by atoms with E-state index in [4.69, 9.17) is 16.0 Å². The molecule has 0 saturated carbocycles. The van der Waals surface area contributed by atoms with E-state index in [9.17, 15) is 17.6 Å². The zero-order chi connectivity index (χ0) is 16.5. The zero-order valence-electron chi connectivity index (χ0n) is 11.8. The molecule has 0 aliphatic carbocycles. The number of hydrogen-bond acceptors (Lipinski definition) is 4. The maximum absolute atomic E-state index is 13.3. The third kappa shape index (κ3) is 3.86. The molecular formula is C14H13ClFNO4S. The van der Waals surface area contributed by atoms with Gasteiger partial charge in [0.2, 0.25) is 10.0 Å². The van der Waals surface area contributed by atoms with Crippen LogP contribution >= 0.6 is 11.6 Å². The minimum atomic E-state index is -3.99. The van der Waals surface area contributed by atoms with E-state index in [2.05, 4.69) is 0 Å². The van der Waals surface area contributed by atoms with Crippen LogP contribution in [-0.4, -0.2) is 14.3 Å². The first-order valence-corrected chi connectivity index (χ1v) is 8.27. The molecule has 8 heteroatoms. The summed E-state index contributed by atoms with van der Waals surface area (Å²) < 4.78 is 44.3. The Balaban J connectivity index is 2.15. The molecule has 1 aromatic heterocycles. The van der Waals surface area contributed by atoms with Crippen LogP contribution in [0.2, 0.25) is 5.02 Å². The Morgan fingerprint density at radius 2 is 2.00 bits per heavy atom. The van der Waals surface area contributed by atoms with Crippen LogP contribution in [-0.2, 0) is 15.8 Å². The molecule has 0 radical (unpaired) electrons. The average molecular weight is 346 g/mol. The first-order chi connectivity index (χ1) is 10.2.